The number of unbranched alkanes of at least 4 members (excludes halogenated alkanes) is 21. The van der Waals surface area contributed by atoms with Gasteiger partial charge in [-0.05, 0) is 18.8 Å². The van der Waals surface area contributed by atoms with E-state index in [9.17, 15) is 0 Å². The fourth-order valence-corrected chi connectivity index (χ4v) is 4.67. The quantitative estimate of drug-likeness (QED) is 0.0963. The summed E-state index contributed by atoms with van der Waals surface area (Å²) in [5.74, 6) is 0.964. The Hall–Kier alpha value is -0.260. The molecule has 0 fully saturated rings. The van der Waals surface area contributed by atoms with Gasteiger partial charge in [0.05, 0.1) is 0 Å². The maximum absolute atomic E-state index is 3.79. The summed E-state index contributed by atoms with van der Waals surface area (Å²) in [5.41, 5.74) is 0. The van der Waals surface area contributed by atoms with Crippen LogP contribution in [0, 0.1) is 5.92 Å². The molecule has 0 aromatic carbocycles. The first-order valence-electron chi connectivity index (χ1n) is 14.4. The van der Waals surface area contributed by atoms with Gasteiger partial charge in [0.15, 0.2) is 0 Å². The highest BCUT2D eigenvalue weighted by Crippen LogP contribution is 2.19. The summed E-state index contributed by atoms with van der Waals surface area (Å²) in [4.78, 5) is 0. The van der Waals surface area contributed by atoms with Crippen molar-refractivity contribution in [2.45, 2.75) is 174 Å². The SMILES string of the molecule is C=CCCCCCCCCCCCCCCCC(C)CCCCCCCCCCC. The highest BCUT2D eigenvalue weighted by atomic mass is 14.1. The Bertz CT molecular complexity index is 305. The van der Waals surface area contributed by atoms with E-state index in [2.05, 4.69) is 26.5 Å². The van der Waals surface area contributed by atoms with E-state index in [-0.39, 0.29) is 0 Å². The molecule has 30 heavy (non-hydrogen) atoms. The Balaban J connectivity index is 3.12. The van der Waals surface area contributed by atoms with Crippen molar-refractivity contribution >= 4 is 0 Å². The molecule has 0 aliphatic rings. The van der Waals surface area contributed by atoms with Gasteiger partial charge in [-0.15, -0.1) is 6.58 Å². The van der Waals surface area contributed by atoms with Crippen LogP contribution in [0.3, 0.4) is 0 Å². The summed E-state index contributed by atoms with van der Waals surface area (Å²) in [7, 11) is 0. The molecular weight excluding hydrogens is 360 g/mol. The Morgan fingerprint density at radius 2 is 0.767 bits per heavy atom. The molecule has 0 saturated carbocycles. The minimum Gasteiger partial charge on any atom is -0.103 e. The van der Waals surface area contributed by atoms with Gasteiger partial charge in [0.1, 0.15) is 0 Å². The second-order valence-corrected chi connectivity index (χ2v) is 10.2. The van der Waals surface area contributed by atoms with Crippen molar-refractivity contribution in [1.82, 2.24) is 0 Å². The van der Waals surface area contributed by atoms with Crippen molar-refractivity contribution in [3.63, 3.8) is 0 Å². The number of rotatable bonds is 26. The minimum absolute atomic E-state index is 0.964. The second-order valence-electron chi connectivity index (χ2n) is 10.2. The number of hydrogen-bond donors (Lipinski definition) is 0. The van der Waals surface area contributed by atoms with E-state index < -0.39 is 0 Å². The average Bonchev–Trinajstić information content (AvgIpc) is 2.75. The standard InChI is InChI=1S/C30H60/c1-4-6-8-10-12-14-15-16-17-18-19-21-23-25-27-29-30(3)28-26-24-22-20-13-11-9-7-5-2/h4,30H,1,5-29H2,2-3H3. The molecule has 0 spiro atoms. The van der Waals surface area contributed by atoms with Gasteiger partial charge in [0.2, 0.25) is 0 Å². The topological polar surface area (TPSA) is 0 Å². The van der Waals surface area contributed by atoms with E-state index in [0.29, 0.717) is 0 Å². The molecule has 0 amide bonds. The molecule has 1 atom stereocenters. The van der Waals surface area contributed by atoms with Crippen molar-refractivity contribution in [3.05, 3.63) is 12.7 Å². The first-order valence-corrected chi connectivity index (χ1v) is 14.4. The highest BCUT2D eigenvalue weighted by Gasteiger charge is 2.02. The highest BCUT2D eigenvalue weighted by molar-refractivity contribution is 4.65. The smallest absolute Gasteiger partial charge is 0.0353 e. The lowest BCUT2D eigenvalue weighted by Crippen LogP contribution is -1.95. The monoisotopic (exact) mass is 420 g/mol. The molecule has 0 aliphatic carbocycles. The summed E-state index contributed by atoms with van der Waals surface area (Å²) in [5, 5.41) is 0. The van der Waals surface area contributed by atoms with Crippen LogP contribution in [0.1, 0.15) is 174 Å². The molecule has 0 radical (unpaired) electrons. The molecule has 180 valence electrons. The van der Waals surface area contributed by atoms with Crippen LogP contribution in [-0.2, 0) is 0 Å². The van der Waals surface area contributed by atoms with Gasteiger partial charge in [-0.2, -0.15) is 0 Å². The Morgan fingerprint density at radius 3 is 1.10 bits per heavy atom. The fourth-order valence-electron chi connectivity index (χ4n) is 4.67. The molecule has 0 nitrogen and oxygen atoms in total. The fraction of sp³-hybridized carbons (Fsp3) is 0.933. The van der Waals surface area contributed by atoms with Crippen LogP contribution < -0.4 is 0 Å². The van der Waals surface area contributed by atoms with E-state index >= 15 is 0 Å². The molecular formula is C30H60. The van der Waals surface area contributed by atoms with Gasteiger partial charge in [-0.1, -0.05) is 168 Å². The zero-order valence-corrected chi connectivity index (χ0v) is 21.5. The maximum Gasteiger partial charge on any atom is -0.0353 e. The van der Waals surface area contributed by atoms with Crippen LogP contribution in [0.4, 0.5) is 0 Å². The Morgan fingerprint density at radius 1 is 0.467 bits per heavy atom. The molecule has 0 heteroatoms. The van der Waals surface area contributed by atoms with Gasteiger partial charge >= 0.3 is 0 Å². The average molecular weight is 421 g/mol. The van der Waals surface area contributed by atoms with Crippen LogP contribution >= 0.6 is 0 Å². The lowest BCUT2D eigenvalue weighted by atomic mass is 9.95. The van der Waals surface area contributed by atoms with Crippen LogP contribution in [0.2, 0.25) is 0 Å². The molecule has 0 aromatic rings. The Labute approximate surface area is 193 Å². The molecule has 0 aliphatic heterocycles. The van der Waals surface area contributed by atoms with Gasteiger partial charge in [0.25, 0.3) is 0 Å². The Kier molecular flexibility index (Phi) is 26.5. The first kappa shape index (κ1) is 29.7. The van der Waals surface area contributed by atoms with E-state index in [4.69, 9.17) is 0 Å². The lowest BCUT2D eigenvalue weighted by Gasteiger charge is -2.11. The summed E-state index contributed by atoms with van der Waals surface area (Å²) >= 11 is 0. The van der Waals surface area contributed by atoms with Gasteiger partial charge in [0, 0.05) is 0 Å². The minimum atomic E-state index is 0.964. The summed E-state index contributed by atoms with van der Waals surface area (Å²) in [6.07, 6.45) is 38.3. The third-order valence-electron chi connectivity index (χ3n) is 6.91. The molecule has 1 unspecified atom stereocenters. The number of allylic oxidation sites excluding steroid dienone is 1. The zero-order valence-electron chi connectivity index (χ0n) is 21.5. The van der Waals surface area contributed by atoms with Crippen molar-refractivity contribution < 1.29 is 0 Å². The van der Waals surface area contributed by atoms with Crippen LogP contribution in [0.25, 0.3) is 0 Å². The normalized spacial score (nSPS) is 12.3. The first-order chi connectivity index (χ1) is 14.8. The van der Waals surface area contributed by atoms with Crippen molar-refractivity contribution in [1.29, 1.82) is 0 Å². The van der Waals surface area contributed by atoms with E-state index in [0.717, 1.165) is 5.92 Å². The van der Waals surface area contributed by atoms with Gasteiger partial charge in [-0.25, -0.2) is 0 Å². The van der Waals surface area contributed by atoms with E-state index in [1.165, 1.54) is 161 Å². The largest absolute Gasteiger partial charge is 0.103 e. The molecule has 0 rings (SSSR count). The molecule has 0 heterocycles. The maximum atomic E-state index is 3.79. The van der Waals surface area contributed by atoms with Crippen molar-refractivity contribution in [2.75, 3.05) is 0 Å². The third-order valence-corrected chi connectivity index (χ3v) is 6.91. The second kappa shape index (κ2) is 26.8. The zero-order chi connectivity index (χ0) is 22.0. The van der Waals surface area contributed by atoms with Crippen molar-refractivity contribution in [3.8, 4) is 0 Å². The predicted molar refractivity (Wildman–Crippen MR) is 140 cm³/mol. The predicted octanol–water partition coefficient (Wildman–Crippen LogP) is 11.6. The van der Waals surface area contributed by atoms with Gasteiger partial charge < -0.3 is 0 Å². The molecule has 0 N–H and O–H groups in total. The van der Waals surface area contributed by atoms with Crippen LogP contribution in [0.15, 0.2) is 12.7 Å². The van der Waals surface area contributed by atoms with Crippen LogP contribution in [-0.4, -0.2) is 0 Å². The molecule has 0 bridgehead atoms. The lowest BCUT2D eigenvalue weighted by molar-refractivity contribution is 0.430. The number of hydrogen-bond acceptors (Lipinski definition) is 0. The van der Waals surface area contributed by atoms with E-state index in [1.54, 1.807) is 0 Å². The van der Waals surface area contributed by atoms with Crippen molar-refractivity contribution in [2.24, 2.45) is 5.92 Å². The van der Waals surface area contributed by atoms with E-state index in [1.807, 2.05) is 0 Å². The third kappa shape index (κ3) is 25.8. The van der Waals surface area contributed by atoms with Crippen LogP contribution in [0.5, 0.6) is 0 Å². The molecule has 0 saturated heterocycles. The van der Waals surface area contributed by atoms with Gasteiger partial charge in [-0.3, -0.25) is 0 Å². The summed E-state index contributed by atoms with van der Waals surface area (Å²) < 4.78 is 0. The summed E-state index contributed by atoms with van der Waals surface area (Å²) in [6.45, 7) is 8.59. The summed E-state index contributed by atoms with van der Waals surface area (Å²) in [6, 6.07) is 0. The molecule has 0 aromatic heterocycles.